The summed E-state index contributed by atoms with van der Waals surface area (Å²) in [6.45, 7) is 24.7. The first-order chi connectivity index (χ1) is 10.6. The number of rotatable bonds is 0. The van der Waals surface area contributed by atoms with Crippen molar-refractivity contribution in [1.29, 1.82) is 0 Å². The Bertz CT molecular complexity index is 404. The van der Waals surface area contributed by atoms with Gasteiger partial charge in [-0.1, -0.05) is 79.7 Å². The number of hydrogen-bond acceptors (Lipinski definition) is 0. The van der Waals surface area contributed by atoms with Gasteiger partial charge in [0.25, 0.3) is 0 Å². The molecule has 0 atom stereocenters. The molecule has 0 N–H and O–H groups in total. The van der Waals surface area contributed by atoms with Crippen molar-refractivity contribution in [3.8, 4) is 0 Å². The Morgan fingerprint density at radius 1 is 0.364 bits per heavy atom. The van der Waals surface area contributed by atoms with Gasteiger partial charge in [0.1, 0.15) is 0 Å². The van der Waals surface area contributed by atoms with E-state index in [2.05, 4.69) is 52.0 Å². The van der Waals surface area contributed by atoms with E-state index in [4.69, 9.17) is 0 Å². The molecule has 2 aromatic carbocycles. The van der Waals surface area contributed by atoms with Gasteiger partial charge in [-0.05, 0) is 60.7 Å². The van der Waals surface area contributed by atoms with Crippen LogP contribution >= 0.6 is 0 Å². The molecule has 0 radical (unpaired) electrons. The lowest BCUT2D eigenvalue weighted by atomic mass is 9.98. The minimum absolute atomic E-state index is 1.36. The van der Waals surface area contributed by atoms with E-state index in [0.717, 1.165) is 0 Å². The van der Waals surface area contributed by atoms with Crippen molar-refractivity contribution < 1.29 is 0 Å². The fourth-order valence-corrected chi connectivity index (χ4v) is 1.81. The van der Waals surface area contributed by atoms with E-state index in [1.807, 2.05) is 55.4 Å². The molecule has 0 saturated carbocycles. The molecule has 0 heteroatoms. The number of hydrogen-bond donors (Lipinski definition) is 0. The molecule has 0 heterocycles. The van der Waals surface area contributed by atoms with Crippen LogP contribution in [0.15, 0.2) is 24.3 Å². The summed E-state index contributed by atoms with van der Waals surface area (Å²) < 4.78 is 0. The molecule has 0 aliphatic carbocycles. The molecule has 0 aliphatic rings. The molecule has 0 nitrogen and oxygen atoms in total. The molecule has 0 saturated heterocycles. The maximum atomic E-state index is 2.27. The minimum atomic E-state index is 1.36. The van der Waals surface area contributed by atoms with Crippen LogP contribution in [0.1, 0.15) is 77.6 Å². The van der Waals surface area contributed by atoms with Gasteiger partial charge in [0, 0.05) is 0 Å². The maximum Gasteiger partial charge on any atom is -0.0178 e. The molecular formula is C22H40. The number of benzene rings is 2. The van der Waals surface area contributed by atoms with E-state index >= 15 is 0 Å². The predicted molar refractivity (Wildman–Crippen MR) is 108 cm³/mol. The van der Waals surface area contributed by atoms with E-state index in [9.17, 15) is 0 Å². The van der Waals surface area contributed by atoms with Gasteiger partial charge in [-0.3, -0.25) is 0 Å². The summed E-state index contributed by atoms with van der Waals surface area (Å²) in [5.41, 5.74) is 5.50. The zero-order chi connectivity index (χ0) is 18.3. The zero-order valence-electron chi connectivity index (χ0n) is 17.3. The summed E-state index contributed by atoms with van der Waals surface area (Å²) in [7, 11) is 0. The second kappa shape index (κ2) is 16.1. The average Bonchev–Trinajstić information content (AvgIpc) is 2.58. The first-order valence-electron chi connectivity index (χ1n) is 9.06. The highest BCUT2D eigenvalue weighted by Crippen LogP contribution is 2.22. The van der Waals surface area contributed by atoms with Gasteiger partial charge < -0.3 is 0 Å². The summed E-state index contributed by atoms with van der Waals surface area (Å²) in [5, 5.41) is 2.72. The molecule has 0 spiro atoms. The summed E-state index contributed by atoms with van der Waals surface area (Å²) >= 11 is 0. The van der Waals surface area contributed by atoms with E-state index in [-0.39, 0.29) is 0 Å². The lowest BCUT2D eigenvalue weighted by molar-refractivity contribution is 1.34. The smallest absolute Gasteiger partial charge is 0.0178 e. The minimum Gasteiger partial charge on any atom is -0.0683 e. The van der Waals surface area contributed by atoms with Crippen LogP contribution in [-0.2, 0) is 0 Å². The first-order valence-corrected chi connectivity index (χ1v) is 9.06. The lowest BCUT2D eigenvalue weighted by Crippen LogP contribution is -1.85. The number of fused-ring (bicyclic) bond motifs is 1. The van der Waals surface area contributed by atoms with Crippen LogP contribution < -0.4 is 0 Å². The van der Waals surface area contributed by atoms with Crippen molar-refractivity contribution in [2.75, 3.05) is 0 Å². The molecular weight excluding hydrogens is 264 g/mol. The quantitative estimate of drug-likeness (QED) is 0.460. The largest absolute Gasteiger partial charge is 0.0683 e. The number of aryl methyl sites for hydroxylation is 4. The highest BCUT2D eigenvalue weighted by atomic mass is 14.0. The summed E-state index contributed by atoms with van der Waals surface area (Å²) in [4.78, 5) is 0. The van der Waals surface area contributed by atoms with Crippen LogP contribution in [0.2, 0.25) is 0 Å². The second-order valence-electron chi connectivity index (χ2n) is 4.22. The van der Waals surface area contributed by atoms with Crippen LogP contribution in [-0.4, -0.2) is 0 Å². The molecule has 0 amide bonds. The maximum absolute atomic E-state index is 2.27. The highest BCUT2D eigenvalue weighted by molar-refractivity contribution is 5.85. The molecule has 0 unspecified atom stereocenters. The Hall–Kier alpha value is -1.30. The predicted octanol–water partition coefficient (Wildman–Crippen LogP) is 8.18. The summed E-state index contributed by atoms with van der Waals surface area (Å²) in [5.74, 6) is 0. The van der Waals surface area contributed by atoms with Crippen molar-refractivity contribution in [3.05, 3.63) is 46.5 Å². The average molecular weight is 305 g/mol. The first kappa shape index (κ1) is 25.6. The van der Waals surface area contributed by atoms with Crippen molar-refractivity contribution >= 4 is 10.8 Å². The normalized spacial score (nSPS) is 8.00. The van der Waals surface area contributed by atoms with E-state index in [0.29, 0.717) is 0 Å². The van der Waals surface area contributed by atoms with Crippen LogP contribution in [0.4, 0.5) is 0 Å². The van der Waals surface area contributed by atoms with E-state index in [1.165, 1.54) is 33.0 Å². The molecule has 0 aromatic heterocycles. The third-order valence-electron chi connectivity index (χ3n) is 3.07. The molecule has 0 bridgehead atoms. The van der Waals surface area contributed by atoms with Gasteiger partial charge in [-0.2, -0.15) is 0 Å². The fourth-order valence-electron chi connectivity index (χ4n) is 1.81. The summed E-state index contributed by atoms with van der Waals surface area (Å²) in [6, 6.07) is 9.10. The Morgan fingerprint density at radius 2 is 0.500 bits per heavy atom. The van der Waals surface area contributed by atoms with E-state index in [1.54, 1.807) is 0 Å². The molecule has 2 aromatic rings. The topological polar surface area (TPSA) is 0 Å². The molecule has 0 aliphatic heterocycles. The van der Waals surface area contributed by atoms with Crippen LogP contribution in [0.5, 0.6) is 0 Å². The van der Waals surface area contributed by atoms with Crippen molar-refractivity contribution in [2.24, 2.45) is 0 Å². The standard InChI is InChI=1S/C14H16.4C2H6/c1-9-5-13-7-11(3)12(4)8-14(13)6-10(9)2;4*1-2/h5-8H,1-4H3;4*1-2H3. The monoisotopic (exact) mass is 304 g/mol. The van der Waals surface area contributed by atoms with Crippen molar-refractivity contribution in [2.45, 2.75) is 83.1 Å². The molecule has 0 fully saturated rings. The fraction of sp³-hybridized carbons (Fsp3) is 0.545. The Labute approximate surface area is 141 Å². The summed E-state index contributed by atoms with van der Waals surface area (Å²) in [6.07, 6.45) is 0. The second-order valence-corrected chi connectivity index (χ2v) is 4.22. The van der Waals surface area contributed by atoms with Gasteiger partial charge in [-0.15, -0.1) is 0 Å². The van der Waals surface area contributed by atoms with Crippen LogP contribution in [0, 0.1) is 27.7 Å². The van der Waals surface area contributed by atoms with Gasteiger partial charge >= 0.3 is 0 Å². The lowest BCUT2D eigenvalue weighted by Gasteiger charge is -2.07. The Kier molecular flexibility index (Phi) is 18.7. The van der Waals surface area contributed by atoms with Gasteiger partial charge in [0.2, 0.25) is 0 Å². The van der Waals surface area contributed by atoms with Gasteiger partial charge in [0.15, 0.2) is 0 Å². The zero-order valence-corrected chi connectivity index (χ0v) is 17.3. The van der Waals surface area contributed by atoms with Gasteiger partial charge in [0.05, 0.1) is 0 Å². The third kappa shape index (κ3) is 8.22. The SMILES string of the molecule is CC.CC.CC.CC.Cc1cc2cc(C)c(C)cc2cc1C. The van der Waals surface area contributed by atoms with Crippen molar-refractivity contribution in [1.82, 2.24) is 0 Å². The van der Waals surface area contributed by atoms with E-state index < -0.39 is 0 Å². The van der Waals surface area contributed by atoms with Crippen LogP contribution in [0.25, 0.3) is 10.8 Å². The Morgan fingerprint density at radius 3 is 0.636 bits per heavy atom. The van der Waals surface area contributed by atoms with Gasteiger partial charge in [-0.25, -0.2) is 0 Å². The molecule has 128 valence electrons. The van der Waals surface area contributed by atoms with Crippen molar-refractivity contribution in [3.63, 3.8) is 0 Å². The molecule has 22 heavy (non-hydrogen) atoms. The highest BCUT2D eigenvalue weighted by Gasteiger charge is 2.00. The van der Waals surface area contributed by atoms with Crippen LogP contribution in [0.3, 0.4) is 0 Å². The third-order valence-corrected chi connectivity index (χ3v) is 3.07. The molecule has 2 rings (SSSR count). The Balaban J connectivity index is -0.000000394.